The minimum absolute atomic E-state index is 0.0594. The van der Waals surface area contributed by atoms with Crippen LogP contribution in [-0.4, -0.2) is 162 Å². The van der Waals surface area contributed by atoms with Crippen LogP contribution in [0.4, 0.5) is 0 Å². The molecular weight excluding hydrogens is 992 g/mol. The number of carbonyl (C=O) groups is 2. The number of hydrogen-bond donors (Lipinski definition) is 2. The van der Waals surface area contributed by atoms with Crippen LogP contribution in [0.25, 0.3) is 0 Å². The van der Waals surface area contributed by atoms with Gasteiger partial charge in [-0.25, -0.2) is 4.79 Å². The number of ether oxygens (including phenoxy) is 7. The Balaban J connectivity index is 1.99. The van der Waals surface area contributed by atoms with Gasteiger partial charge < -0.3 is 62.0 Å². The molecule has 3 heterocycles. The van der Waals surface area contributed by atoms with E-state index in [0.29, 0.717) is 6.42 Å². The van der Waals surface area contributed by atoms with Crippen molar-refractivity contribution in [3.63, 3.8) is 0 Å². The molecular formula is C51H88Cl2N2O14Si2. The lowest BCUT2D eigenvalue weighted by Gasteiger charge is -2.51. The van der Waals surface area contributed by atoms with Gasteiger partial charge in [-0.05, 0) is 126 Å². The van der Waals surface area contributed by atoms with Gasteiger partial charge >= 0.3 is 11.9 Å². The number of aliphatic hydroxyl groups is 2. The van der Waals surface area contributed by atoms with E-state index >= 15 is 0 Å². The zero-order valence-corrected chi connectivity index (χ0v) is 49.7. The van der Waals surface area contributed by atoms with Crippen molar-refractivity contribution in [3.05, 3.63) is 33.8 Å². The molecule has 0 amide bonds. The van der Waals surface area contributed by atoms with E-state index in [-0.39, 0.29) is 52.7 Å². The summed E-state index contributed by atoms with van der Waals surface area (Å²) in [5.41, 5.74) is -4.07. The minimum Gasteiger partial charge on any atom is -0.459 e. The molecule has 1 aromatic carbocycles. The van der Waals surface area contributed by atoms with Crippen LogP contribution in [0.15, 0.2) is 23.4 Å². The van der Waals surface area contributed by atoms with Crippen molar-refractivity contribution in [1.82, 2.24) is 4.90 Å². The molecule has 3 saturated heterocycles. The van der Waals surface area contributed by atoms with E-state index in [9.17, 15) is 19.8 Å². The van der Waals surface area contributed by atoms with Crippen LogP contribution in [0, 0.1) is 23.7 Å². The molecule has 3 fully saturated rings. The molecule has 0 radical (unpaired) electrons. The molecule has 408 valence electrons. The predicted octanol–water partition coefficient (Wildman–Crippen LogP) is 9.11. The summed E-state index contributed by atoms with van der Waals surface area (Å²) in [6.07, 6.45) is -7.02. The molecule has 0 saturated carbocycles. The summed E-state index contributed by atoms with van der Waals surface area (Å²) in [5.74, 6) is -4.99. The highest BCUT2D eigenvalue weighted by Crippen LogP contribution is 2.43. The zero-order chi connectivity index (χ0) is 53.9. The number of methoxy groups -OCH3 is 2. The summed E-state index contributed by atoms with van der Waals surface area (Å²) in [6, 6.07) is 4.53. The Labute approximate surface area is 436 Å². The van der Waals surface area contributed by atoms with Crippen LogP contribution in [0.2, 0.25) is 49.3 Å². The molecule has 3 aliphatic heterocycles. The monoisotopic (exact) mass is 1080 g/mol. The van der Waals surface area contributed by atoms with E-state index in [4.69, 9.17) is 70.0 Å². The van der Waals surface area contributed by atoms with E-state index in [1.807, 2.05) is 55.6 Å². The number of hydrogen-bond acceptors (Lipinski definition) is 16. The Bertz CT molecular complexity index is 1950. The Morgan fingerprint density at radius 2 is 1.41 bits per heavy atom. The van der Waals surface area contributed by atoms with Gasteiger partial charge in [0, 0.05) is 44.4 Å². The third-order valence-corrected chi connectivity index (χ3v) is 17.2. The highest BCUT2D eigenvalue weighted by atomic mass is 35.5. The lowest BCUT2D eigenvalue weighted by molar-refractivity contribution is -0.316. The van der Waals surface area contributed by atoms with Crippen molar-refractivity contribution >= 4 is 57.5 Å². The highest BCUT2D eigenvalue weighted by molar-refractivity contribution is 6.70. The average Bonchev–Trinajstić information content (AvgIpc) is 3.26. The van der Waals surface area contributed by atoms with Gasteiger partial charge in [-0.2, -0.15) is 0 Å². The van der Waals surface area contributed by atoms with Gasteiger partial charge in [0.1, 0.15) is 17.8 Å². The Morgan fingerprint density at radius 1 is 0.845 bits per heavy atom. The van der Waals surface area contributed by atoms with Gasteiger partial charge in [0.15, 0.2) is 29.2 Å². The molecule has 20 heteroatoms. The third-order valence-electron chi connectivity index (χ3n) is 14.6. The van der Waals surface area contributed by atoms with Gasteiger partial charge in [-0.1, -0.05) is 62.1 Å². The summed E-state index contributed by atoms with van der Waals surface area (Å²) in [5, 5.41) is 29.1. The van der Waals surface area contributed by atoms with Crippen LogP contribution in [0.1, 0.15) is 105 Å². The third kappa shape index (κ3) is 15.1. The number of likely N-dealkylation sites (N-methyl/N-ethyl adjacent to an activating group) is 1. The lowest BCUT2D eigenvalue weighted by atomic mass is 9.73. The fourth-order valence-electron chi connectivity index (χ4n) is 10.7. The van der Waals surface area contributed by atoms with Crippen LogP contribution in [0.5, 0.6) is 0 Å². The molecule has 0 bridgehead atoms. The first-order valence-corrected chi connectivity index (χ1v) is 32.8. The number of esters is 1. The number of oxime groups is 1. The van der Waals surface area contributed by atoms with Crippen molar-refractivity contribution < 1.29 is 66.6 Å². The summed E-state index contributed by atoms with van der Waals surface area (Å²) in [6.45, 7) is 30.9. The fourth-order valence-corrected chi connectivity index (χ4v) is 13.5. The number of halogens is 2. The standard InChI is InChI=1S/C51H88Cl2N2O14Si2/c1-21-37-51(10,59)43(56)30(4)40(54-67-47(58)39-34(52)23-22-24-35(39)53)28(2)26-49(8,60-13)44(66-48-42(68-70(15,16)17)36(55(11)12)25-29(3)62-48)31(5)41(32(6)46(57)64-37)65-38-27-50(9,61-14)45(33(7)63-38)69-71(18,19)20/h22-24,28-33,36-38,41-45,48,56,59H,21,25-27H2,1-20H3/b54-40+/t28-,29-,30+,31?,32-,33+,36+,37-,38+,41+,42-,43-,44-,45+,48+,49-,50-,51-/m1/s1. The lowest BCUT2D eigenvalue weighted by Crippen LogP contribution is -2.63. The number of cyclic esters (lactones) is 1. The molecule has 4 rings (SSSR count). The van der Waals surface area contributed by atoms with Gasteiger partial charge in [0.2, 0.25) is 0 Å². The van der Waals surface area contributed by atoms with Crippen molar-refractivity contribution in [2.75, 3.05) is 28.3 Å². The van der Waals surface area contributed by atoms with E-state index in [0.717, 1.165) is 0 Å². The second kappa shape index (κ2) is 24.6. The number of nitrogens with zero attached hydrogens (tertiary/aromatic N) is 2. The first-order valence-electron chi connectivity index (χ1n) is 25.2. The smallest absolute Gasteiger partial charge is 0.368 e. The number of carbonyl (C=O) groups excluding carboxylic acids is 2. The van der Waals surface area contributed by atoms with Gasteiger partial charge in [0.25, 0.3) is 0 Å². The molecule has 16 nitrogen and oxygen atoms in total. The molecule has 2 N–H and O–H groups in total. The second-order valence-electron chi connectivity index (χ2n) is 23.1. The van der Waals surface area contributed by atoms with E-state index in [2.05, 4.69) is 49.3 Å². The van der Waals surface area contributed by atoms with Crippen molar-refractivity contribution in [3.8, 4) is 0 Å². The molecule has 18 atom stereocenters. The summed E-state index contributed by atoms with van der Waals surface area (Å²) in [7, 11) is 2.93. The number of rotatable bonds is 14. The Hall–Kier alpha value is -1.60. The van der Waals surface area contributed by atoms with Crippen molar-refractivity contribution in [2.24, 2.45) is 28.8 Å². The molecule has 1 aromatic rings. The quantitative estimate of drug-likeness (QED) is 0.0778. The summed E-state index contributed by atoms with van der Waals surface area (Å²) in [4.78, 5) is 36.3. The molecule has 0 spiro atoms. The van der Waals surface area contributed by atoms with E-state index in [1.165, 1.54) is 19.1 Å². The Kier molecular flexibility index (Phi) is 21.5. The number of aliphatic hydroxyl groups excluding tert-OH is 1. The van der Waals surface area contributed by atoms with Gasteiger partial charge in [-0.3, -0.25) is 4.79 Å². The molecule has 3 aliphatic rings. The first kappa shape index (κ1) is 61.9. The molecule has 1 unspecified atom stereocenters. The maximum Gasteiger partial charge on any atom is 0.368 e. The number of benzene rings is 1. The topological polar surface area (TPSA) is 182 Å². The van der Waals surface area contributed by atoms with Crippen molar-refractivity contribution in [1.29, 1.82) is 0 Å². The van der Waals surface area contributed by atoms with Gasteiger partial charge in [0.05, 0.1) is 75.1 Å². The van der Waals surface area contributed by atoms with E-state index in [1.54, 1.807) is 41.1 Å². The van der Waals surface area contributed by atoms with Crippen LogP contribution in [-0.2, 0) is 51.6 Å². The largest absolute Gasteiger partial charge is 0.459 e. The fraction of sp³-hybridized carbons (Fsp3) is 0.824. The average molecular weight is 1080 g/mol. The molecule has 71 heavy (non-hydrogen) atoms. The summed E-state index contributed by atoms with van der Waals surface area (Å²) >= 11 is 12.8. The highest BCUT2D eigenvalue weighted by Gasteiger charge is 2.55. The van der Waals surface area contributed by atoms with Crippen LogP contribution < -0.4 is 0 Å². The van der Waals surface area contributed by atoms with Crippen LogP contribution in [0.3, 0.4) is 0 Å². The SMILES string of the molecule is CC[C@H]1OC(=O)[C@H](C)[C@@H](O[C@H]2C[C@@](C)(OC)[C@@H](O[Si](C)(C)C)[C@H](C)O2)C(C)[C@@H](O[C@@H]2O[C@H](C)C[C@H](N(C)C)[C@H]2O[Si](C)(C)C)[C@](C)(OC)C[C@@H](C)/C(=N\OC(=O)c2c(Cl)cccc2Cl)[C@H](C)[C@@H](O)[C@]1(C)O. The minimum atomic E-state index is -2.25. The molecule has 0 aromatic heterocycles. The van der Waals surface area contributed by atoms with Crippen LogP contribution >= 0.6 is 23.2 Å². The van der Waals surface area contributed by atoms with Crippen molar-refractivity contribution in [2.45, 2.75) is 218 Å². The molecule has 0 aliphatic carbocycles. The Morgan fingerprint density at radius 3 is 1.93 bits per heavy atom. The predicted molar refractivity (Wildman–Crippen MR) is 280 cm³/mol. The zero-order valence-electron chi connectivity index (χ0n) is 46.2. The first-order chi connectivity index (χ1) is 32.6. The van der Waals surface area contributed by atoms with E-state index < -0.39 is 124 Å². The van der Waals surface area contributed by atoms with Gasteiger partial charge in [-0.15, -0.1) is 0 Å². The maximum atomic E-state index is 14.9. The second-order valence-corrected chi connectivity index (χ2v) is 32.9. The summed E-state index contributed by atoms with van der Waals surface area (Å²) < 4.78 is 60.8. The maximum absolute atomic E-state index is 14.9. The normalized spacial score (nSPS) is 40.0.